The van der Waals surface area contributed by atoms with Gasteiger partial charge in [0.05, 0.1) is 15.2 Å². The summed E-state index contributed by atoms with van der Waals surface area (Å²) in [5.74, 6) is 1.41. The molecule has 0 aliphatic rings. The number of aryl methyl sites for hydroxylation is 1. The second kappa shape index (κ2) is 5.33. The van der Waals surface area contributed by atoms with E-state index in [1.54, 1.807) is 6.07 Å². The average Bonchev–Trinajstić information content (AvgIpc) is 2.23. The van der Waals surface area contributed by atoms with Crippen LogP contribution in [0.3, 0.4) is 0 Å². The van der Waals surface area contributed by atoms with Gasteiger partial charge >= 0.3 is 0 Å². The Morgan fingerprint density at radius 3 is 2.71 bits per heavy atom. The summed E-state index contributed by atoms with van der Waals surface area (Å²) in [6, 6.07) is 7.41. The molecule has 1 N–H and O–H groups in total. The van der Waals surface area contributed by atoms with Crippen LogP contribution in [0.4, 0.5) is 11.5 Å². The highest BCUT2D eigenvalue weighted by molar-refractivity contribution is 9.10. The molecule has 0 amide bonds. The smallest absolute Gasteiger partial charge is 0.135 e. The minimum Gasteiger partial charge on any atom is -0.339 e. The maximum atomic E-state index is 6.01. The van der Waals surface area contributed by atoms with Gasteiger partial charge in [-0.05, 0) is 50.9 Å². The van der Waals surface area contributed by atoms with Crippen LogP contribution in [0.1, 0.15) is 5.82 Å². The Kier molecular flexibility index (Phi) is 4.01. The van der Waals surface area contributed by atoms with Gasteiger partial charge < -0.3 is 5.32 Å². The molecule has 0 atom stereocenters. The molecule has 17 heavy (non-hydrogen) atoms. The fourth-order valence-corrected chi connectivity index (χ4v) is 2.35. The van der Waals surface area contributed by atoms with Crippen molar-refractivity contribution >= 4 is 55.0 Å². The number of hydrogen-bond donors (Lipinski definition) is 1. The fourth-order valence-electron chi connectivity index (χ4n) is 1.33. The van der Waals surface area contributed by atoms with E-state index in [9.17, 15) is 0 Å². The van der Waals surface area contributed by atoms with Gasteiger partial charge in [-0.2, -0.15) is 0 Å². The molecule has 88 valence electrons. The molecule has 0 unspecified atom stereocenters. The molecule has 0 aliphatic heterocycles. The van der Waals surface area contributed by atoms with Crippen molar-refractivity contribution in [1.29, 1.82) is 0 Å². The summed E-state index contributed by atoms with van der Waals surface area (Å²) < 4.78 is 1.56. The standard InChI is InChI=1S/C11H8Br2ClN3/c1-6-15-9(12)5-10(16-6)17-8-4-2-3-7(14)11(8)13/h2-5H,1H3,(H,15,16,17). The lowest BCUT2D eigenvalue weighted by Crippen LogP contribution is -1.98. The summed E-state index contributed by atoms with van der Waals surface area (Å²) in [6.45, 7) is 1.84. The van der Waals surface area contributed by atoms with Gasteiger partial charge in [-0.1, -0.05) is 17.7 Å². The maximum Gasteiger partial charge on any atom is 0.135 e. The number of nitrogens with zero attached hydrogens (tertiary/aromatic N) is 2. The monoisotopic (exact) mass is 375 g/mol. The molecule has 0 bridgehead atoms. The number of anilines is 2. The number of halogens is 3. The molecular weight excluding hydrogens is 369 g/mol. The van der Waals surface area contributed by atoms with Gasteiger partial charge in [0.1, 0.15) is 16.2 Å². The van der Waals surface area contributed by atoms with Crippen LogP contribution in [0.2, 0.25) is 5.02 Å². The van der Waals surface area contributed by atoms with Crippen molar-refractivity contribution < 1.29 is 0 Å². The summed E-state index contributed by atoms with van der Waals surface area (Å²) in [6.07, 6.45) is 0. The molecular formula is C11H8Br2ClN3. The fraction of sp³-hybridized carbons (Fsp3) is 0.0909. The zero-order valence-corrected chi connectivity index (χ0v) is 12.8. The lowest BCUT2D eigenvalue weighted by molar-refractivity contribution is 1.04. The molecule has 0 spiro atoms. The number of nitrogens with one attached hydrogen (secondary N) is 1. The topological polar surface area (TPSA) is 37.8 Å². The summed E-state index contributed by atoms with van der Waals surface area (Å²) >= 11 is 12.8. The number of aromatic nitrogens is 2. The van der Waals surface area contributed by atoms with Crippen LogP contribution in [-0.4, -0.2) is 9.97 Å². The summed E-state index contributed by atoms with van der Waals surface area (Å²) in [4.78, 5) is 8.43. The average molecular weight is 377 g/mol. The van der Waals surface area contributed by atoms with Crippen LogP contribution in [0.5, 0.6) is 0 Å². The minimum atomic E-state index is 0.653. The van der Waals surface area contributed by atoms with Crippen LogP contribution in [0.25, 0.3) is 0 Å². The molecule has 0 saturated heterocycles. The van der Waals surface area contributed by atoms with Crippen molar-refractivity contribution in [3.63, 3.8) is 0 Å². The first-order valence-electron chi connectivity index (χ1n) is 4.78. The van der Waals surface area contributed by atoms with Gasteiger partial charge in [-0.3, -0.25) is 0 Å². The van der Waals surface area contributed by atoms with Gasteiger partial charge in [0.2, 0.25) is 0 Å². The Morgan fingerprint density at radius 1 is 1.24 bits per heavy atom. The highest BCUT2D eigenvalue weighted by Crippen LogP contribution is 2.31. The molecule has 3 nitrogen and oxygen atoms in total. The van der Waals surface area contributed by atoms with E-state index < -0.39 is 0 Å². The molecule has 0 aliphatic carbocycles. The lowest BCUT2D eigenvalue weighted by atomic mass is 10.3. The van der Waals surface area contributed by atoms with E-state index in [1.807, 2.05) is 25.1 Å². The van der Waals surface area contributed by atoms with Crippen LogP contribution in [0.15, 0.2) is 33.3 Å². The van der Waals surface area contributed by atoms with Crippen molar-refractivity contribution in [3.8, 4) is 0 Å². The Morgan fingerprint density at radius 2 is 2.00 bits per heavy atom. The van der Waals surface area contributed by atoms with Crippen LogP contribution in [-0.2, 0) is 0 Å². The van der Waals surface area contributed by atoms with Gasteiger partial charge in [0.15, 0.2) is 0 Å². The second-order valence-electron chi connectivity index (χ2n) is 3.35. The lowest BCUT2D eigenvalue weighted by Gasteiger charge is -2.09. The normalized spacial score (nSPS) is 10.4. The molecule has 6 heteroatoms. The van der Waals surface area contributed by atoms with Gasteiger partial charge in [-0.25, -0.2) is 9.97 Å². The molecule has 1 heterocycles. The number of rotatable bonds is 2. The van der Waals surface area contributed by atoms with Crippen molar-refractivity contribution in [2.45, 2.75) is 6.92 Å². The third-order valence-electron chi connectivity index (χ3n) is 2.02. The second-order valence-corrected chi connectivity index (χ2v) is 5.36. The Bertz CT molecular complexity index is 540. The molecule has 0 saturated carbocycles. The van der Waals surface area contributed by atoms with Gasteiger partial charge in [0, 0.05) is 6.07 Å². The molecule has 0 fully saturated rings. The molecule has 1 aromatic heterocycles. The summed E-state index contributed by atoms with van der Waals surface area (Å²) in [5, 5.41) is 3.83. The first-order valence-corrected chi connectivity index (χ1v) is 6.75. The van der Waals surface area contributed by atoms with Crippen molar-refractivity contribution in [2.24, 2.45) is 0 Å². The van der Waals surface area contributed by atoms with Crippen molar-refractivity contribution in [2.75, 3.05) is 5.32 Å². The Labute approximate surface area is 121 Å². The quantitative estimate of drug-likeness (QED) is 0.771. The first-order chi connectivity index (χ1) is 8.06. The highest BCUT2D eigenvalue weighted by atomic mass is 79.9. The van der Waals surface area contributed by atoms with Crippen LogP contribution < -0.4 is 5.32 Å². The zero-order chi connectivity index (χ0) is 12.4. The summed E-state index contributed by atoms with van der Waals surface area (Å²) in [5.41, 5.74) is 0.863. The van der Waals surface area contributed by atoms with Crippen LogP contribution >= 0.6 is 43.5 Å². The third kappa shape index (κ3) is 3.18. The van der Waals surface area contributed by atoms with Crippen molar-refractivity contribution in [1.82, 2.24) is 9.97 Å². The SMILES string of the molecule is Cc1nc(Br)cc(Nc2cccc(Cl)c2Br)n1. The Hall–Kier alpha value is -0.650. The predicted molar refractivity (Wildman–Crippen MR) is 76.9 cm³/mol. The van der Waals surface area contributed by atoms with E-state index in [2.05, 4.69) is 47.1 Å². The zero-order valence-electron chi connectivity index (χ0n) is 8.84. The van der Waals surface area contributed by atoms with E-state index in [4.69, 9.17) is 11.6 Å². The van der Waals surface area contributed by atoms with E-state index in [-0.39, 0.29) is 0 Å². The molecule has 2 aromatic rings. The summed E-state index contributed by atoms with van der Waals surface area (Å²) in [7, 11) is 0. The highest BCUT2D eigenvalue weighted by Gasteiger charge is 2.05. The van der Waals surface area contributed by atoms with E-state index in [0.29, 0.717) is 16.7 Å². The van der Waals surface area contributed by atoms with E-state index in [0.717, 1.165) is 14.8 Å². The van der Waals surface area contributed by atoms with E-state index in [1.165, 1.54) is 0 Å². The Balaban J connectivity index is 2.34. The van der Waals surface area contributed by atoms with Gasteiger partial charge in [0.25, 0.3) is 0 Å². The molecule has 1 aromatic carbocycles. The van der Waals surface area contributed by atoms with Gasteiger partial charge in [-0.15, -0.1) is 0 Å². The minimum absolute atomic E-state index is 0.653. The third-order valence-corrected chi connectivity index (χ3v) is 3.82. The molecule has 0 radical (unpaired) electrons. The number of benzene rings is 1. The number of hydrogen-bond acceptors (Lipinski definition) is 3. The maximum absolute atomic E-state index is 6.01. The first kappa shape index (κ1) is 12.8. The predicted octanol–water partition coefficient (Wildman–Crippen LogP) is 4.71. The molecule has 2 rings (SSSR count). The largest absolute Gasteiger partial charge is 0.339 e. The van der Waals surface area contributed by atoms with Crippen molar-refractivity contribution in [3.05, 3.63) is 44.2 Å². The van der Waals surface area contributed by atoms with Crippen LogP contribution in [0, 0.1) is 6.92 Å². The van der Waals surface area contributed by atoms with E-state index >= 15 is 0 Å².